The van der Waals surface area contributed by atoms with Gasteiger partial charge in [-0.05, 0) is 12.1 Å². The Morgan fingerprint density at radius 1 is 1.40 bits per heavy atom. The third-order valence-corrected chi connectivity index (χ3v) is 2.21. The highest BCUT2D eigenvalue weighted by Crippen LogP contribution is 2.14. The molecule has 2 rings (SSSR count). The second-order valence-corrected chi connectivity index (χ2v) is 3.85. The molecule has 0 aliphatic heterocycles. The van der Waals surface area contributed by atoms with Crippen LogP contribution in [0.15, 0.2) is 39.5 Å². The van der Waals surface area contributed by atoms with Gasteiger partial charge in [0.1, 0.15) is 11.9 Å². The molecule has 20 heavy (non-hydrogen) atoms. The zero-order valence-electron chi connectivity index (χ0n) is 10.4. The molecule has 1 aromatic heterocycles. The molecule has 1 unspecified atom stereocenters. The summed E-state index contributed by atoms with van der Waals surface area (Å²) in [4.78, 5) is 30.2. The van der Waals surface area contributed by atoms with Gasteiger partial charge in [-0.3, -0.25) is 4.79 Å². The number of fused-ring (bicyclic) bond motifs is 1. The van der Waals surface area contributed by atoms with Gasteiger partial charge in [-0.1, -0.05) is 18.2 Å². The lowest BCUT2D eigenvalue weighted by atomic mass is 10.2. The Morgan fingerprint density at radius 2 is 2.05 bits per heavy atom. The van der Waals surface area contributed by atoms with Crippen LogP contribution in [0.4, 0.5) is 0 Å². The number of aromatic hydroxyl groups is 1. The Kier molecular flexibility index (Phi) is 5.42. The number of carbonyl (C=O) groups excluding carboxylic acids is 1. The zero-order valence-corrected chi connectivity index (χ0v) is 10.4. The summed E-state index contributed by atoms with van der Waals surface area (Å²) in [5, 5.41) is 17.7. The van der Waals surface area contributed by atoms with E-state index < -0.39 is 17.6 Å². The number of hydrogen-bond acceptors (Lipinski definition) is 6. The summed E-state index contributed by atoms with van der Waals surface area (Å²) in [6.45, 7) is 0. The van der Waals surface area contributed by atoms with Gasteiger partial charge in [0.05, 0.1) is 12.5 Å². The predicted molar refractivity (Wildman–Crippen MR) is 70.4 cm³/mol. The van der Waals surface area contributed by atoms with Crippen LogP contribution in [-0.4, -0.2) is 28.5 Å². The first-order valence-corrected chi connectivity index (χ1v) is 5.58. The van der Waals surface area contributed by atoms with Crippen molar-refractivity contribution in [2.75, 3.05) is 0 Å². The maximum absolute atomic E-state index is 10.8. The molecular formula is C13H13NO6. The number of para-hydroxylation sites is 1. The highest BCUT2D eigenvalue weighted by Gasteiger charge is 2.04. The summed E-state index contributed by atoms with van der Waals surface area (Å²) in [6, 6.07) is 7.55. The Morgan fingerprint density at radius 3 is 2.60 bits per heavy atom. The molecule has 0 saturated carbocycles. The van der Waals surface area contributed by atoms with Crippen LogP contribution in [-0.2, 0) is 9.59 Å². The van der Waals surface area contributed by atoms with Crippen LogP contribution >= 0.6 is 0 Å². The van der Waals surface area contributed by atoms with Crippen molar-refractivity contribution >= 4 is 23.2 Å². The van der Waals surface area contributed by atoms with Crippen molar-refractivity contribution < 1.29 is 24.2 Å². The maximum atomic E-state index is 10.8. The lowest BCUT2D eigenvalue weighted by molar-refractivity contribution is -0.138. The molecule has 2 aromatic rings. The Bertz CT molecular complexity index is 663. The van der Waals surface area contributed by atoms with E-state index in [-0.39, 0.29) is 12.2 Å². The summed E-state index contributed by atoms with van der Waals surface area (Å²) < 4.78 is 4.79. The van der Waals surface area contributed by atoms with Gasteiger partial charge in [0.25, 0.3) is 0 Å². The number of benzene rings is 1. The highest BCUT2D eigenvalue weighted by molar-refractivity contribution is 5.77. The summed E-state index contributed by atoms with van der Waals surface area (Å²) in [5.41, 5.74) is 4.71. The number of rotatable bonds is 3. The molecule has 106 valence electrons. The van der Waals surface area contributed by atoms with Crippen molar-refractivity contribution in [3.8, 4) is 5.75 Å². The molecule has 1 atom stereocenters. The Balaban J connectivity index is 0.000000221. The largest absolute Gasteiger partial charge is 0.502 e. The SMILES string of the molecule is NC(C=O)CC(=O)O.O=c1oc2ccccc2cc1O. The van der Waals surface area contributed by atoms with Gasteiger partial charge in [0.15, 0.2) is 0 Å². The van der Waals surface area contributed by atoms with Crippen molar-refractivity contribution in [1.29, 1.82) is 0 Å². The fraction of sp³-hybridized carbons (Fsp3) is 0.154. The van der Waals surface area contributed by atoms with Crippen molar-refractivity contribution in [3.05, 3.63) is 40.8 Å². The molecule has 4 N–H and O–H groups in total. The van der Waals surface area contributed by atoms with Crippen LogP contribution in [0.2, 0.25) is 0 Å². The normalized spacial score (nSPS) is 11.2. The third kappa shape index (κ3) is 4.54. The van der Waals surface area contributed by atoms with Crippen LogP contribution in [0.1, 0.15) is 6.42 Å². The monoisotopic (exact) mass is 279 g/mol. The highest BCUT2D eigenvalue weighted by atomic mass is 16.4. The van der Waals surface area contributed by atoms with Gasteiger partial charge in [-0.2, -0.15) is 0 Å². The van der Waals surface area contributed by atoms with E-state index in [2.05, 4.69) is 0 Å². The summed E-state index contributed by atoms with van der Waals surface area (Å²) >= 11 is 0. The summed E-state index contributed by atoms with van der Waals surface area (Å²) in [6.07, 6.45) is 0.123. The van der Waals surface area contributed by atoms with E-state index in [0.717, 1.165) is 5.39 Å². The van der Waals surface area contributed by atoms with Gasteiger partial charge >= 0.3 is 11.6 Å². The molecule has 0 radical (unpaired) electrons. The van der Waals surface area contributed by atoms with Gasteiger partial charge in [-0.15, -0.1) is 0 Å². The Labute approximate surface area is 113 Å². The van der Waals surface area contributed by atoms with Gasteiger partial charge < -0.3 is 25.2 Å². The molecule has 1 heterocycles. The number of carboxylic acids is 1. The van der Waals surface area contributed by atoms with Crippen molar-refractivity contribution in [1.82, 2.24) is 0 Å². The van der Waals surface area contributed by atoms with Gasteiger partial charge in [0.2, 0.25) is 5.75 Å². The first-order valence-electron chi connectivity index (χ1n) is 5.58. The smallest absolute Gasteiger partial charge is 0.378 e. The van der Waals surface area contributed by atoms with E-state index in [0.29, 0.717) is 11.9 Å². The molecule has 7 nitrogen and oxygen atoms in total. The van der Waals surface area contributed by atoms with Gasteiger partial charge in [0, 0.05) is 5.39 Å². The number of nitrogens with two attached hydrogens (primary N) is 1. The molecule has 7 heteroatoms. The van der Waals surface area contributed by atoms with Crippen molar-refractivity contribution in [3.63, 3.8) is 0 Å². The van der Waals surface area contributed by atoms with Crippen molar-refractivity contribution in [2.24, 2.45) is 5.73 Å². The third-order valence-electron chi connectivity index (χ3n) is 2.21. The average molecular weight is 279 g/mol. The van der Waals surface area contributed by atoms with E-state index in [1.54, 1.807) is 18.2 Å². The topological polar surface area (TPSA) is 131 Å². The number of aldehydes is 1. The number of aliphatic carboxylic acids is 1. The number of hydrogen-bond donors (Lipinski definition) is 3. The molecule has 0 fully saturated rings. The summed E-state index contributed by atoms with van der Waals surface area (Å²) in [5.74, 6) is -1.40. The van der Waals surface area contributed by atoms with Crippen LogP contribution < -0.4 is 11.4 Å². The second kappa shape index (κ2) is 7.05. The number of carbonyl (C=O) groups is 2. The molecule has 0 bridgehead atoms. The van der Waals surface area contributed by atoms with E-state index in [1.807, 2.05) is 6.07 Å². The predicted octanol–water partition coefficient (Wildman–Crippen LogP) is 0.486. The second-order valence-electron chi connectivity index (χ2n) is 3.85. The van der Waals surface area contributed by atoms with Crippen LogP contribution in [0, 0.1) is 0 Å². The molecule has 0 spiro atoms. The standard InChI is InChI=1S/C9H6O3.C4H7NO3/c10-7-5-6-3-1-2-4-8(6)12-9(7)11;5-3(2-6)1-4(7)8/h1-5,10H;2-3H,1,5H2,(H,7,8). The minimum Gasteiger partial charge on any atom is -0.502 e. The van der Waals surface area contributed by atoms with Crippen LogP contribution in [0.3, 0.4) is 0 Å². The summed E-state index contributed by atoms with van der Waals surface area (Å²) in [7, 11) is 0. The molecule has 0 saturated heterocycles. The van der Waals surface area contributed by atoms with Gasteiger partial charge in [-0.25, -0.2) is 4.79 Å². The molecule has 1 aromatic carbocycles. The molecule has 0 amide bonds. The zero-order chi connectivity index (χ0) is 15.1. The van der Waals surface area contributed by atoms with E-state index in [1.165, 1.54) is 6.07 Å². The Hall–Kier alpha value is -2.67. The lowest BCUT2D eigenvalue weighted by Gasteiger charge is -1.94. The van der Waals surface area contributed by atoms with Crippen molar-refractivity contribution in [2.45, 2.75) is 12.5 Å². The number of carboxylic acid groups (broad SMARTS) is 1. The quantitative estimate of drug-likeness (QED) is 0.550. The van der Waals surface area contributed by atoms with E-state index in [9.17, 15) is 14.4 Å². The van der Waals surface area contributed by atoms with Crippen LogP contribution in [0.25, 0.3) is 11.0 Å². The first kappa shape index (κ1) is 15.4. The van der Waals surface area contributed by atoms with E-state index in [4.69, 9.17) is 20.4 Å². The maximum Gasteiger partial charge on any atom is 0.378 e. The fourth-order valence-corrected chi connectivity index (χ4v) is 1.30. The molecule has 0 aliphatic carbocycles. The first-order chi connectivity index (χ1) is 9.43. The molecular weight excluding hydrogens is 266 g/mol. The average Bonchev–Trinajstić information content (AvgIpc) is 2.40. The van der Waals surface area contributed by atoms with E-state index >= 15 is 0 Å². The fourth-order valence-electron chi connectivity index (χ4n) is 1.30. The molecule has 0 aliphatic rings. The van der Waals surface area contributed by atoms with Crippen LogP contribution in [0.5, 0.6) is 5.75 Å². The lowest BCUT2D eigenvalue weighted by Crippen LogP contribution is -2.24. The minimum atomic E-state index is -1.05. The minimum absolute atomic E-state index is 0.288.